The predicted molar refractivity (Wildman–Crippen MR) is 177 cm³/mol. The highest BCUT2D eigenvalue weighted by molar-refractivity contribution is 6.04. The van der Waals surface area contributed by atoms with Gasteiger partial charge < -0.3 is 15.1 Å². The van der Waals surface area contributed by atoms with Crippen LogP contribution >= 0.6 is 0 Å². The average Bonchev–Trinajstić information content (AvgIpc) is 3.45. The van der Waals surface area contributed by atoms with Crippen LogP contribution in [0.15, 0.2) is 60.7 Å². The lowest BCUT2D eigenvalue weighted by Gasteiger charge is -2.33. The van der Waals surface area contributed by atoms with Crippen molar-refractivity contribution < 1.29 is 27.6 Å². The zero-order chi connectivity index (χ0) is 33.3. The van der Waals surface area contributed by atoms with Crippen molar-refractivity contribution in [2.45, 2.75) is 83.2 Å². The largest absolute Gasteiger partial charge is 0.416 e. The Hall–Kier alpha value is -4.14. The lowest BCUT2D eigenvalue weighted by atomic mass is 9.81. The minimum atomic E-state index is -4.50. The molecule has 0 bridgehead atoms. The van der Waals surface area contributed by atoms with Crippen molar-refractivity contribution in [3.05, 3.63) is 94.0 Å². The summed E-state index contributed by atoms with van der Waals surface area (Å²) in [6.07, 6.45) is 1.49. The Balaban J connectivity index is 1.04. The van der Waals surface area contributed by atoms with Crippen molar-refractivity contribution in [3.63, 3.8) is 0 Å². The molecule has 0 radical (unpaired) electrons. The molecule has 1 saturated carbocycles. The molecular weight excluding hydrogens is 603 g/mol. The number of anilines is 2. The summed E-state index contributed by atoms with van der Waals surface area (Å²) in [6.45, 7) is 5.19. The van der Waals surface area contributed by atoms with Gasteiger partial charge in [0.05, 0.1) is 11.5 Å². The number of benzene rings is 3. The Morgan fingerprint density at radius 2 is 1.49 bits per heavy atom. The molecule has 1 aliphatic carbocycles. The minimum Gasteiger partial charge on any atom is -0.339 e. The first-order valence-electron chi connectivity index (χ1n) is 16.8. The number of carbonyl (C=O) groups is 3. The first-order valence-corrected chi connectivity index (χ1v) is 16.8. The molecule has 3 aromatic rings. The number of para-hydroxylation sites is 1. The number of amides is 3. The molecule has 2 aliphatic heterocycles. The molecule has 1 atom stereocenters. The fourth-order valence-corrected chi connectivity index (χ4v) is 7.72. The highest BCUT2D eigenvalue weighted by Gasteiger charge is 2.38. The van der Waals surface area contributed by atoms with Crippen LogP contribution < -0.4 is 10.2 Å². The lowest BCUT2D eigenvalue weighted by molar-refractivity contribution is -0.138. The zero-order valence-corrected chi connectivity index (χ0v) is 27.0. The summed E-state index contributed by atoms with van der Waals surface area (Å²) < 4.78 is 42.2. The van der Waals surface area contributed by atoms with Crippen LogP contribution in [0.25, 0.3) is 0 Å². The van der Waals surface area contributed by atoms with Crippen molar-refractivity contribution in [2.24, 2.45) is 5.92 Å². The summed E-state index contributed by atoms with van der Waals surface area (Å²) in [6, 6.07) is 17.7. The fourth-order valence-electron chi connectivity index (χ4n) is 7.72. The van der Waals surface area contributed by atoms with E-state index in [2.05, 4.69) is 5.32 Å². The van der Waals surface area contributed by atoms with Gasteiger partial charge in [0.15, 0.2) is 0 Å². The summed E-state index contributed by atoms with van der Waals surface area (Å²) in [5.74, 6) is -0.957. The average molecular weight is 646 g/mol. The molecule has 47 heavy (non-hydrogen) atoms. The van der Waals surface area contributed by atoms with E-state index in [9.17, 15) is 27.6 Å². The van der Waals surface area contributed by atoms with Gasteiger partial charge in [-0.3, -0.25) is 14.4 Å². The summed E-state index contributed by atoms with van der Waals surface area (Å²) in [4.78, 5) is 42.6. The molecule has 1 unspecified atom stereocenters. The molecule has 2 saturated heterocycles. The fraction of sp³-hybridized carbons (Fsp3) is 0.447. The predicted octanol–water partition coefficient (Wildman–Crippen LogP) is 8.38. The number of piperidine rings is 1. The van der Waals surface area contributed by atoms with Crippen LogP contribution in [-0.4, -0.2) is 42.3 Å². The number of alkyl halides is 3. The highest BCUT2D eigenvalue weighted by Crippen LogP contribution is 2.41. The molecule has 3 aliphatic rings. The number of rotatable bonds is 6. The second-order valence-electron chi connectivity index (χ2n) is 13.5. The SMILES string of the molecule is Cc1cccc(C)c1N1CC(C(=O)Nc2ccc(C3CCN(C(=O)c4ccc(C5CCCCC5)c(C(F)(F)F)c4)CC3)cc2)CC1=O. The lowest BCUT2D eigenvalue weighted by Crippen LogP contribution is -2.38. The Morgan fingerprint density at radius 3 is 2.13 bits per heavy atom. The van der Waals surface area contributed by atoms with Gasteiger partial charge in [-0.2, -0.15) is 13.2 Å². The highest BCUT2D eigenvalue weighted by atomic mass is 19.4. The quantitative estimate of drug-likeness (QED) is 0.293. The minimum absolute atomic E-state index is 0.0556. The third-order valence-corrected chi connectivity index (χ3v) is 10.3. The molecule has 3 amide bonds. The molecule has 6 rings (SSSR count). The van der Waals surface area contributed by atoms with E-state index in [0.29, 0.717) is 43.7 Å². The Kier molecular flexibility index (Phi) is 9.44. The maximum absolute atomic E-state index is 14.1. The molecule has 3 fully saturated rings. The van der Waals surface area contributed by atoms with E-state index in [4.69, 9.17) is 0 Å². The third-order valence-electron chi connectivity index (χ3n) is 10.3. The number of likely N-dealkylation sites (tertiary alicyclic amines) is 1. The molecule has 2 heterocycles. The summed E-state index contributed by atoms with van der Waals surface area (Å²) in [7, 11) is 0. The Morgan fingerprint density at radius 1 is 0.830 bits per heavy atom. The van der Waals surface area contributed by atoms with Crippen LogP contribution in [0.5, 0.6) is 0 Å². The van der Waals surface area contributed by atoms with Crippen molar-refractivity contribution in [1.29, 1.82) is 0 Å². The first kappa shape index (κ1) is 32.8. The van der Waals surface area contributed by atoms with Gasteiger partial charge in [0.2, 0.25) is 11.8 Å². The third kappa shape index (κ3) is 7.09. The van der Waals surface area contributed by atoms with E-state index in [1.807, 2.05) is 56.3 Å². The number of aryl methyl sites for hydroxylation is 2. The van der Waals surface area contributed by atoms with Crippen molar-refractivity contribution in [2.75, 3.05) is 29.9 Å². The molecule has 3 aromatic carbocycles. The molecule has 9 heteroatoms. The number of nitrogens with one attached hydrogen (secondary N) is 1. The molecule has 0 spiro atoms. The maximum atomic E-state index is 14.1. The number of hydrogen-bond donors (Lipinski definition) is 1. The summed E-state index contributed by atoms with van der Waals surface area (Å²) in [5.41, 5.74) is 4.37. The first-order chi connectivity index (χ1) is 22.5. The van der Waals surface area contributed by atoms with Crippen molar-refractivity contribution in [1.82, 2.24) is 4.90 Å². The van der Waals surface area contributed by atoms with Crippen molar-refractivity contribution >= 4 is 29.1 Å². The van der Waals surface area contributed by atoms with E-state index >= 15 is 0 Å². The summed E-state index contributed by atoms with van der Waals surface area (Å²) in [5, 5.41) is 2.96. The number of hydrogen-bond acceptors (Lipinski definition) is 3. The normalized spacial score (nSPS) is 19.7. The molecule has 0 aromatic heterocycles. The molecule has 248 valence electrons. The van der Waals surface area contributed by atoms with Gasteiger partial charge in [-0.05, 0) is 97.9 Å². The molecular formula is C38H42F3N3O3. The Labute approximate surface area is 274 Å². The second-order valence-corrected chi connectivity index (χ2v) is 13.5. The van der Waals surface area contributed by atoms with Gasteiger partial charge in [-0.25, -0.2) is 0 Å². The van der Waals surface area contributed by atoms with Crippen molar-refractivity contribution in [3.8, 4) is 0 Å². The Bertz CT molecular complexity index is 1620. The van der Waals surface area contributed by atoms with Gasteiger partial charge in [-0.1, -0.05) is 55.7 Å². The summed E-state index contributed by atoms with van der Waals surface area (Å²) >= 11 is 0. The van der Waals surface area contributed by atoms with Gasteiger partial charge >= 0.3 is 6.18 Å². The molecule has 6 nitrogen and oxygen atoms in total. The van der Waals surface area contributed by atoms with Crippen LogP contribution in [0.4, 0.5) is 24.5 Å². The van der Waals surface area contributed by atoms with Crippen LogP contribution in [0.2, 0.25) is 0 Å². The van der Waals surface area contributed by atoms with Crippen LogP contribution in [0.3, 0.4) is 0 Å². The van der Waals surface area contributed by atoms with Crippen LogP contribution in [0.1, 0.15) is 101 Å². The number of carbonyl (C=O) groups excluding carboxylic acids is 3. The van der Waals surface area contributed by atoms with E-state index in [-0.39, 0.29) is 41.5 Å². The van der Waals surface area contributed by atoms with E-state index < -0.39 is 17.7 Å². The topological polar surface area (TPSA) is 69.7 Å². The number of halogens is 3. The van der Waals surface area contributed by atoms with Crippen LogP contribution in [0, 0.1) is 19.8 Å². The number of nitrogens with zero attached hydrogens (tertiary/aromatic N) is 2. The van der Waals surface area contributed by atoms with E-state index in [0.717, 1.165) is 60.5 Å². The van der Waals surface area contributed by atoms with E-state index in [1.54, 1.807) is 15.9 Å². The zero-order valence-electron chi connectivity index (χ0n) is 27.0. The monoisotopic (exact) mass is 645 g/mol. The van der Waals surface area contributed by atoms with Gasteiger partial charge in [-0.15, -0.1) is 0 Å². The van der Waals surface area contributed by atoms with Gasteiger partial charge in [0.1, 0.15) is 0 Å². The van der Waals surface area contributed by atoms with Gasteiger partial charge in [0.25, 0.3) is 5.91 Å². The standard InChI is InChI=1S/C38H42F3N3O3/c1-24-7-6-8-25(2)35(24)44-23-30(22-34(44)45)36(46)42-31-14-11-26(12-15-31)27-17-19-43(20-18-27)37(47)29-13-16-32(28-9-4-3-5-10-28)33(21-29)38(39,40)41/h6-8,11-16,21,27-28,30H,3-5,9-10,17-20,22-23H2,1-2H3,(H,42,46). The molecule has 1 N–H and O–H groups in total. The van der Waals surface area contributed by atoms with Crippen LogP contribution in [-0.2, 0) is 15.8 Å². The van der Waals surface area contributed by atoms with E-state index in [1.165, 1.54) is 6.07 Å². The second kappa shape index (κ2) is 13.5. The maximum Gasteiger partial charge on any atom is 0.416 e. The smallest absolute Gasteiger partial charge is 0.339 e. The van der Waals surface area contributed by atoms with Gasteiger partial charge in [0, 0.05) is 43.0 Å².